The lowest BCUT2D eigenvalue weighted by Gasteiger charge is -2.04. The molecule has 0 unspecified atom stereocenters. The van der Waals surface area contributed by atoms with Gasteiger partial charge in [-0.1, -0.05) is 90.2 Å². The van der Waals surface area contributed by atoms with Crippen molar-refractivity contribution in [2.45, 2.75) is 123 Å². The summed E-state index contributed by atoms with van der Waals surface area (Å²) in [5.41, 5.74) is 0. The first-order valence-corrected chi connectivity index (χ1v) is 11.5. The Morgan fingerprint density at radius 1 is 0.679 bits per heavy atom. The molecule has 0 atom stereocenters. The highest BCUT2D eigenvalue weighted by molar-refractivity contribution is 5.69. The maximum Gasteiger partial charge on any atom is 0.373 e. The standard InChI is InChI=1S/C23H44O2.CO2/c1-3-5-7-8-9-10-11-12-13-14-15-16-17-18-19-20-22-25-23(24)21-6-4-2;2-1-3/h12-13H,3-11,14-22H2,1-2H3;/b13-12-;. The van der Waals surface area contributed by atoms with Gasteiger partial charge in [0.05, 0.1) is 6.61 Å². The molecule has 0 radical (unpaired) electrons. The van der Waals surface area contributed by atoms with Gasteiger partial charge in [-0.2, -0.15) is 9.59 Å². The van der Waals surface area contributed by atoms with Crippen molar-refractivity contribution in [1.29, 1.82) is 0 Å². The average molecular weight is 397 g/mol. The molecule has 0 N–H and O–H groups in total. The van der Waals surface area contributed by atoms with Crippen LogP contribution in [0.3, 0.4) is 0 Å². The fourth-order valence-corrected chi connectivity index (χ4v) is 2.93. The smallest absolute Gasteiger partial charge is 0.373 e. The number of unbranched alkanes of at least 4 members (excludes halogenated alkanes) is 13. The first-order valence-electron chi connectivity index (χ1n) is 11.5. The number of allylic oxidation sites excluding steroid dienone is 2. The first kappa shape index (κ1) is 28.8. The summed E-state index contributed by atoms with van der Waals surface area (Å²) in [6.45, 7) is 4.98. The summed E-state index contributed by atoms with van der Waals surface area (Å²) in [5, 5.41) is 0. The van der Waals surface area contributed by atoms with Gasteiger partial charge in [0.1, 0.15) is 0 Å². The van der Waals surface area contributed by atoms with E-state index in [1.807, 2.05) is 0 Å². The van der Waals surface area contributed by atoms with E-state index in [1.54, 1.807) is 0 Å². The third-order valence-electron chi connectivity index (χ3n) is 4.65. The molecule has 0 aliphatic heterocycles. The lowest BCUT2D eigenvalue weighted by atomic mass is 10.1. The zero-order chi connectivity index (χ0) is 21.1. The van der Waals surface area contributed by atoms with Crippen LogP contribution in [0.15, 0.2) is 12.2 Å². The normalized spacial score (nSPS) is 10.4. The predicted octanol–water partition coefficient (Wildman–Crippen LogP) is 7.17. The summed E-state index contributed by atoms with van der Waals surface area (Å²) in [6.07, 6.45) is 25.9. The average Bonchev–Trinajstić information content (AvgIpc) is 2.69. The Hall–Kier alpha value is -1.41. The van der Waals surface area contributed by atoms with E-state index in [2.05, 4.69) is 26.0 Å². The van der Waals surface area contributed by atoms with Crippen LogP contribution in [0.25, 0.3) is 0 Å². The Morgan fingerprint density at radius 2 is 1.11 bits per heavy atom. The van der Waals surface area contributed by atoms with Gasteiger partial charge in [-0.3, -0.25) is 4.79 Å². The van der Waals surface area contributed by atoms with Gasteiger partial charge in [-0.05, 0) is 38.5 Å². The molecule has 0 heterocycles. The van der Waals surface area contributed by atoms with E-state index in [1.165, 1.54) is 83.5 Å². The van der Waals surface area contributed by atoms with Crippen molar-refractivity contribution in [3.8, 4) is 0 Å². The lowest BCUT2D eigenvalue weighted by molar-refractivity contribution is -0.191. The van der Waals surface area contributed by atoms with Crippen molar-refractivity contribution >= 4 is 12.1 Å². The zero-order valence-electron chi connectivity index (χ0n) is 18.5. The molecule has 28 heavy (non-hydrogen) atoms. The van der Waals surface area contributed by atoms with Gasteiger partial charge in [0, 0.05) is 6.42 Å². The summed E-state index contributed by atoms with van der Waals surface area (Å²) >= 11 is 0. The van der Waals surface area contributed by atoms with E-state index in [4.69, 9.17) is 14.3 Å². The van der Waals surface area contributed by atoms with Crippen molar-refractivity contribution in [3.05, 3.63) is 12.2 Å². The van der Waals surface area contributed by atoms with E-state index in [0.29, 0.717) is 13.0 Å². The fraction of sp³-hybridized carbons (Fsp3) is 0.833. The fourth-order valence-electron chi connectivity index (χ4n) is 2.93. The van der Waals surface area contributed by atoms with Crippen molar-refractivity contribution < 1.29 is 19.1 Å². The molecule has 0 aromatic rings. The topological polar surface area (TPSA) is 60.4 Å². The molecule has 0 spiro atoms. The van der Waals surface area contributed by atoms with Crippen LogP contribution in [-0.2, 0) is 19.1 Å². The molecule has 0 fully saturated rings. The number of carbonyl (C=O) groups excluding carboxylic acids is 3. The molecule has 4 heteroatoms. The number of esters is 1. The van der Waals surface area contributed by atoms with Gasteiger partial charge in [-0.25, -0.2) is 0 Å². The van der Waals surface area contributed by atoms with Gasteiger partial charge < -0.3 is 4.74 Å². The van der Waals surface area contributed by atoms with Gasteiger partial charge in [0.15, 0.2) is 0 Å². The minimum atomic E-state index is -0.0189. The van der Waals surface area contributed by atoms with Crippen LogP contribution in [0, 0.1) is 0 Å². The van der Waals surface area contributed by atoms with Crippen molar-refractivity contribution in [2.75, 3.05) is 6.61 Å². The summed E-state index contributed by atoms with van der Waals surface area (Å²) in [4.78, 5) is 27.6. The minimum Gasteiger partial charge on any atom is -0.466 e. The largest absolute Gasteiger partial charge is 0.466 e. The molecular weight excluding hydrogens is 352 g/mol. The van der Waals surface area contributed by atoms with Gasteiger partial charge in [0.25, 0.3) is 0 Å². The Balaban J connectivity index is 0. The van der Waals surface area contributed by atoms with E-state index < -0.39 is 0 Å². The molecule has 164 valence electrons. The summed E-state index contributed by atoms with van der Waals surface area (Å²) in [5.74, 6) is -0.0189. The maximum atomic E-state index is 11.3. The van der Waals surface area contributed by atoms with E-state index in [0.717, 1.165) is 19.3 Å². The second kappa shape index (κ2) is 27.8. The van der Waals surface area contributed by atoms with Crippen LogP contribution < -0.4 is 0 Å². The van der Waals surface area contributed by atoms with Crippen LogP contribution in [-0.4, -0.2) is 18.7 Å². The van der Waals surface area contributed by atoms with Gasteiger partial charge in [0.2, 0.25) is 0 Å². The number of rotatable bonds is 19. The van der Waals surface area contributed by atoms with E-state index in [-0.39, 0.29) is 12.1 Å². The summed E-state index contributed by atoms with van der Waals surface area (Å²) in [7, 11) is 0. The molecule has 0 rings (SSSR count). The number of hydrogen-bond acceptors (Lipinski definition) is 4. The predicted molar refractivity (Wildman–Crippen MR) is 115 cm³/mol. The highest BCUT2D eigenvalue weighted by Crippen LogP contribution is 2.10. The van der Waals surface area contributed by atoms with Crippen LogP contribution in [0.2, 0.25) is 0 Å². The second-order valence-electron chi connectivity index (χ2n) is 7.35. The lowest BCUT2D eigenvalue weighted by Crippen LogP contribution is -2.05. The Bertz CT molecular complexity index is 371. The highest BCUT2D eigenvalue weighted by Gasteiger charge is 2.00. The molecular formula is C24H44O4. The first-order chi connectivity index (χ1) is 13.7. The molecule has 0 aliphatic rings. The molecule has 0 aliphatic carbocycles. The Kier molecular flexibility index (Phi) is 28.6. The van der Waals surface area contributed by atoms with Crippen LogP contribution >= 0.6 is 0 Å². The van der Waals surface area contributed by atoms with Gasteiger partial charge >= 0.3 is 12.1 Å². The molecule has 0 amide bonds. The number of carbonyl (C=O) groups is 1. The molecule has 0 saturated carbocycles. The number of hydrogen-bond donors (Lipinski definition) is 0. The second-order valence-corrected chi connectivity index (χ2v) is 7.35. The van der Waals surface area contributed by atoms with Crippen molar-refractivity contribution in [1.82, 2.24) is 0 Å². The molecule has 4 nitrogen and oxygen atoms in total. The molecule has 0 saturated heterocycles. The molecule has 0 aromatic heterocycles. The van der Waals surface area contributed by atoms with E-state index >= 15 is 0 Å². The Morgan fingerprint density at radius 3 is 1.61 bits per heavy atom. The van der Waals surface area contributed by atoms with E-state index in [9.17, 15) is 4.79 Å². The zero-order valence-corrected chi connectivity index (χ0v) is 18.5. The monoisotopic (exact) mass is 396 g/mol. The molecule has 0 aromatic carbocycles. The Labute approximate surface area is 173 Å². The van der Waals surface area contributed by atoms with Gasteiger partial charge in [-0.15, -0.1) is 0 Å². The van der Waals surface area contributed by atoms with Crippen LogP contribution in [0.4, 0.5) is 0 Å². The quantitative estimate of drug-likeness (QED) is 0.132. The van der Waals surface area contributed by atoms with Crippen molar-refractivity contribution in [3.63, 3.8) is 0 Å². The summed E-state index contributed by atoms with van der Waals surface area (Å²) in [6, 6.07) is 0. The summed E-state index contributed by atoms with van der Waals surface area (Å²) < 4.78 is 5.22. The third-order valence-corrected chi connectivity index (χ3v) is 4.65. The SMILES string of the molecule is CCCCCCCC/C=C\CCCCCCCCOC(=O)CCCC.O=C=O. The minimum absolute atomic E-state index is 0.0189. The van der Waals surface area contributed by atoms with Crippen LogP contribution in [0.5, 0.6) is 0 Å². The van der Waals surface area contributed by atoms with Crippen molar-refractivity contribution in [2.24, 2.45) is 0 Å². The third kappa shape index (κ3) is 29.4. The maximum absolute atomic E-state index is 11.3. The van der Waals surface area contributed by atoms with Crippen LogP contribution in [0.1, 0.15) is 123 Å². The number of ether oxygens (including phenoxy) is 1. The highest BCUT2D eigenvalue weighted by atomic mass is 16.5. The molecule has 0 bridgehead atoms.